The van der Waals surface area contributed by atoms with Gasteiger partial charge in [-0.3, -0.25) is 4.79 Å². The number of nitrogens with one attached hydrogen (secondary N) is 1. The van der Waals surface area contributed by atoms with Gasteiger partial charge in [0.25, 0.3) is 5.91 Å². The monoisotopic (exact) mass is 504 g/mol. The Hall–Kier alpha value is -3.56. The molecule has 168 valence electrons. The summed E-state index contributed by atoms with van der Waals surface area (Å²) in [5.74, 6) is 0.914. The van der Waals surface area contributed by atoms with E-state index in [0.717, 1.165) is 10.0 Å². The van der Waals surface area contributed by atoms with E-state index in [-0.39, 0.29) is 11.7 Å². The summed E-state index contributed by atoms with van der Waals surface area (Å²) in [5.41, 5.74) is 3.57. The molecule has 0 saturated carbocycles. The third kappa shape index (κ3) is 7.23. The predicted molar refractivity (Wildman–Crippen MR) is 134 cm³/mol. The van der Waals surface area contributed by atoms with Crippen LogP contribution in [-0.2, 0) is 11.4 Å². The third-order valence-corrected chi connectivity index (χ3v) is 5.25. The molecule has 1 N–H and O–H groups in total. The molecule has 33 heavy (non-hydrogen) atoms. The maximum atomic E-state index is 12.6. The number of hydrogen-bond donors (Lipinski definition) is 1. The molecule has 0 bridgehead atoms. The summed E-state index contributed by atoms with van der Waals surface area (Å²) in [6.45, 7) is 6.40. The maximum Gasteiger partial charge on any atom is 0.266 e. The predicted octanol–water partition coefficient (Wildman–Crippen LogP) is 6.67. The van der Waals surface area contributed by atoms with Crippen molar-refractivity contribution in [1.82, 2.24) is 0 Å². The first-order valence-corrected chi connectivity index (χ1v) is 11.3. The summed E-state index contributed by atoms with van der Waals surface area (Å²) in [6, 6.07) is 22.6. The molecule has 0 aliphatic heterocycles. The highest BCUT2D eigenvalue weighted by Gasteiger charge is 2.11. The maximum absolute atomic E-state index is 12.6. The first-order valence-electron chi connectivity index (χ1n) is 10.5. The molecular weight excluding hydrogens is 480 g/mol. The van der Waals surface area contributed by atoms with Crippen LogP contribution >= 0.6 is 15.9 Å². The van der Waals surface area contributed by atoms with Crippen LogP contribution in [0.2, 0.25) is 0 Å². The number of hydrogen-bond acceptors (Lipinski definition) is 4. The Labute approximate surface area is 202 Å². The number of anilines is 1. The van der Waals surface area contributed by atoms with E-state index in [4.69, 9.17) is 9.47 Å². The number of carbonyl (C=O) groups excluding carboxylic acids is 1. The highest BCUT2D eigenvalue weighted by atomic mass is 79.9. The molecular formula is C27H25BrN2O3. The summed E-state index contributed by atoms with van der Waals surface area (Å²) < 4.78 is 12.2. The average molecular weight is 505 g/mol. The molecule has 3 aromatic carbocycles. The second kappa shape index (κ2) is 11.3. The Kier molecular flexibility index (Phi) is 8.28. The molecule has 5 nitrogen and oxygen atoms in total. The molecule has 0 heterocycles. The van der Waals surface area contributed by atoms with E-state index in [1.807, 2.05) is 57.2 Å². The third-order valence-electron chi connectivity index (χ3n) is 4.63. The Morgan fingerprint density at radius 1 is 1.09 bits per heavy atom. The summed E-state index contributed by atoms with van der Waals surface area (Å²) in [5, 5.41) is 12.2. The van der Waals surface area contributed by atoms with Gasteiger partial charge in [0.15, 0.2) is 0 Å². The van der Waals surface area contributed by atoms with Crippen LogP contribution in [0, 0.1) is 18.3 Å². The van der Waals surface area contributed by atoms with Crippen molar-refractivity contribution in [3.05, 3.63) is 93.5 Å². The lowest BCUT2D eigenvalue weighted by molar-refractivity contribution is -0.112. The first-order chi connectivity index (χ1) is 15.8. The summed E-state index contributed by atoms with van der Waals surface area (Å²) in [4.78, 5) is 12.6. The van der Waals surface area contributed by atoms with Crippen LogP contribution in [0.25, 0.3) is 6.08 Å². The van der Waals surface area contributed by atoms with Gasteiger partial charge in [0.1, 0.15) is 29.7 Å². The smallest absolute Gasteiger partial charge is 0.266 e. The fraction of sp³-hybridized carbons (Fsp3) is 0.185. The zero-order chi connectivity index (χ0) is 23.8. The van der Waals surface area contributed by atoms with E-state index in [9.17, 15) is 10.1 Å². The van der Waals surface area contributed by atoms with Gasteiger partial charge in [-0.1, -0.05) is 35.9 Å². The van der Waals surface area contributed by atoms with Crippen molar-refractivity contribution < 1.29 is 14.3 Å². The Bertz CT molecular complexity index is 1180. The lowest BCUT2D eigenvalue weighted by atomic mass is 10.1. The molecule has 0 radical (unpaired) electrons. The SMILES string of the molecule is Cc1ccc(COc2ccc(NC(=O)/C(C#N)=C/c3ccc(OC(C)C)c(Br)c3)cc2)cc1. The molecule has 1 amide bonds. The van der Waals surface area contributed by atoms with Crippen molar-refractivity contribution in [2.75, 3.05) is 5.32 Å². The Morgan fingerprint density at radius 3 is 2.39 bits per heavy atom. The van der Waals surface area contributed by atoms with E-state index in [0.29, 0.717) is 29.4 Å². The van der Waals surface area contributed by atoms with Crippen molar-refractivity contribution in [3.63, 3.8) is 0 Å². The number of halogens is 1. The molecule has 0 atom stereocenters. The largest absolute Gasteiger partial charge is 0.490 e. The number of aryl methyl sites for hydroxylation is 1. The number of rotatable bonds is 8. The van der Waals surface area contributed by atoms with Crippen LogP contribution in [-0.4, -0.2) is 12.0 Å². The summed E-state index contributed by atoms with van der Waals surface area (Å²) in [7, 11) is 0. The van der Waals surface area contributed by atoms with Crippen molar-refractivity contribution >= 4 is 33.6 Å². The van der Waals surface area contributed by atoms with E-state index in [2.05, 4.69) is 21.2 Å². The highest BCUT2D eigenvalue weighted by Crippen LogP contribution is 2.28. The lowest BCUT2D eigenvalue weighted by Crippen LogP contribution is -2.13. The van der Waals surface area contributed by atoms with Gasteiger partial charge >= 0.3 is 0 Å². The minimum atomic E-state index is -0.482. The number of carbonyl (C=O) groups is 1. The molecule has 0 saturated heterocycles. The van der Waals surface area contributed by atoms with Crippen LogP contribution in [0.15, 0.2) is 76.8 Å². The highest BCUT2D eigenvalue weighted by molar-refractivity contribution is 9.10. The van der Waals surface area contributed by atoms with Crippen molar-refractivity contribution in [1.29, 1.82) is 5.26 Å². The van der Waals surface area contributed by atoms with Gasteiger partial charge in [0.2, 0.25) is 0 Å². The number of nitrogens with zero attached hydrogens (tertiary/aromatic N) is 1. The van der Waals surface area contributed by atoms with E-state index in [1.165, 1.54) is 11.6 Å². The fourth-order valence-corrected chi connectivity index (χ4v) is 3.45. The molecule has 3 rings (SSSR count). The van der Waals surface area contributed by atoms with E-state index >= 15 is 0 Å². The van der Waals surface area contributed by atoms with Crippen LogP contribution < -0.4 is 14.8 Å². The van der Waals surface area contributed by atoms with Crippen molar-refractivity contribution in [2.45, 2.75) is 33.5 Å². The Morgan fingerprint density at radius 2 is 1.79 bits per heavy atom. The quantitative estimate of drug-likeness (QED) is 0.274. The van der Waals surface area contributed by atoms with E-state index in [1.54, 1.807) is 36.4 Å². The fourth-order valence-electron chi connectivity index (χ4n) is 2.96. The van der Waals surface area contributed by atoms with Gasteiger partial charge in [-0.05, 0) is 90.3 Å². The number of amides is 1. The van der Waals surface area contributed by atoms with Gasteiger partial charge in [0.05, 0.1) is 10.6 Å². The molecule has 0 spiro atoms. The van der Waals surface area contributed by atoms with Crippen LogP contribution in [0.4, 0.5) is 5.69 Å². The number of ether oxygens (including phenoxy) is 2. The Balaban J connectivity index is 1.62. The number of nitriles is 1. The van der Waals surface area contributed by atoms with Gasteiger partial charge in [-0.2, -0.15) is 5.26 Å². The molecule has 3 aromatic rings. The number of benzene rings is 3. The van der Waals surface area contributed by atoms with Crippen molar-refractivity contribution in [3.8, 4) is 17.6 Å². The van der Waals surface area contributed by atoms with Crippen LogP contribution in [0.5, 0.6) is 11.5 Å². The molecule has 0 unspecified atom stereocenters. The minimum Gasteiger partial charge on any atom is -0.490 e. The standard InChI is InChI=1S/C27H25BrN2O3/c1-18(2)33-26-13-8-21(15-25(26)28)14-22(16-29)27(31)30-23-9-11-24(12-10-23)32-17-20-6-4-19(3)5-7-20/h4-15,18H,17H2,1-3H3,(H,30,31)/b22-14+. The summed E-state index contributed by atoms with van der Waals surface area (Å²) >= 11 is 3.47. The minimum absolute atomic E-state index is 0.000810. The molecule has 0 fully saturated rings. The molecule has 6 heteroatoms. The van der Waals surface area contributed by atoms with Crippen molar-refractivity contribution in [2.24, 2.45) is 0 Å². The molecule has 0 aliphatic rings. The average Bonchev–Trinajstić information content (AvgIpc) is 2.79. The summed E-state index contributed by atoms with van der Waals surface area (Å²) in [6.07, 6.45) is 1.58. The topological polar surface area (TPSA) is 71.3 Å². The molecule has 0 aromatic heterocycles. The van der Waals surface area contributed by atoms with Crippen LogP contribution in [0.1, 0.15) is 30.5 Å². The lowest BCUT2D eigenvalue weighted by Gasteiger charge is -2.12. The van der Waals surface area contributed by atoms with Gasteiger partial charge in [-0.15, -0.1) is 0 Å². The zero-order valence-corrected chi connectivity index (χ0v) is 20.3. The second-order valence-corrected chi connectivity index (χ2v) is 8.63. The second-order valence-electron chi connectivity index (χ2n) is 7.78. The first kappa shape index (κ1) is 24.1. The van der Waals surface area contributed by atoms with E-state index < -0.39 is 5.91 Å². The zero-order valence-electron chi connectivity index (χ0n) is 18.8. The van der Waals surface area contributed by atoms with Gasteiger partial charge in [-0.25, -0.2) is 0 Å². The van der Waals surface area contributed by atoms with Gasteiger partial charge in [0, 0.05) is 5.69 Å². The normalized spacial score (nSPS) is 11.1. The molecule has 0 aliphatic carbocycles. The van der Waals surface area contributed by atoms with Crippen LogP contribution in [0.3, 0.4) is 0 Å². The van der Waals surface area contributed by atoms with Gasteiger partial charge < -0.3 is 14.8 Å².